The maximum atomic E-state index is 13.0. The zero-order chi connectivity index (χ0) is 18.3. The van der Waals surface area contributed by atoms with Crippen LogP contribution in [-0.2, 0) is 4.79 Å². The molecule has 3 aliphatic heterocycles. The molecule has 0 radical (unpaired) electrons. The number of nitrogens with zero attached hydrogens (tertiary/aromatic N) is 4. The zero-order valence-electron chi connectivity index (χ0n) is 15.7. The van der Waals surface area contributed by atoms with Gasteiger partial charge in [0.1, 0.15) is 5.82 Å². The van der Waals surface area contributed by atoms with E-state index in [2.05, 4.69) is 30.1 Å². The SMILES string of the molecule is O=C([C@H]1CC2(CCNCC2)CN1)N1CCC(c2nnc3ccccn23)CC1. The molecule has 0 aromatic carbocycles. The summed E-state index contributed by atoms with van der Waals surface area (Å²) in [5.74, 6) is 1.71. The number of carbonyl (C=O) groups is 1. The molecule has 0 saturated carbocycles. The minimum absolute atomic E-state index is 0.00794. The Morgan fingerprint density at radius 1 is 1.15 bits per heavy atom. The summed E-state index contributed by atoms with van der Waals surface area (Å²) in [5.41, 5.74) is 1.23. The smallest absolute Gasteiger partial charge is 0.239 e. The Hall–Kier alpha value is -1.99. The fourth-order valence-electron chi connectivity index (χ4n) is 5.15. The molecule has 0 aliphatic carbocycles. The molecule has 7 nitrogen and oxygen atoms in total. The van der Waals surface area contributed by atoms with Gasteiger partial charge in [0.15, 0.2) is 5.65 Å². The van der Waals surface area contributed by atoms with Gasteiger partial charge in [-0.3, -0.25) is 9.20 Å². The summed E-state index contributed by atoms with van der Waals surface area (Å²) >= 11 is 0. The first kappa shape index (κ1) is 17.1. The van der Waals surface area contributed by atoms with E-state index in [-0.39, 0.29) is 6.04 Å². The number of hydrogen-bond acceptors (Lipinski definition) is 5. The number of likely N-dealkylation sites (tertiary alicyclic amines) is 1. The first-order valence-corrected chi connectivity index (χ1v) is 10.3. The van der Waals surface area contributed by atoms with E-state index in [4.69, 9.17) is 0 Å². The third-order valence-electron chi connectivity index (χ3n) is 6.83. The first-order valence-electron chi connectivity index (χ1n) is 10.3. The van der Waals surface area contributed by atoms with Gasteiger partial charge in [0.25, 0.3) is 0 Å². The van der Waals surface area contributed by atoms with Crippen LogP contribution < -0.4 is 10.6 Å². The largest absolute Gasteiger partial charge is 0.341 e. The number of rotatable bonds is 2. The minimum Gasteiger partial charge on any atom is -0.341 e. The van der Waals surface area contributed by atoms with Crippen molar-refractivity contribution in [2.24, 2.45) is 5.41 Å². The van der Waals surface area contributed by atoms with Crippen LogP contribution in [-0.4, -0.2) is 64.2 Å². The molecule has 5 heterocycles. The van der Waals surface area contributed by atoms with Crippen molar-refractivity contribution in [2.45, 2.75) is 44.1 Å². The van der Waals surface area contributed by atoms with E-state index < -0.39 is 0 Å². The highest BCUT2D eigenvalue weighted by atomic mass is 16.2. The van der Waals surface area contributed by atoms with Gasteiger partial charge in [-0.05, 0) is 62.7 Å². The molecule has 0 bridgehead atoms. The predicted octanol–water partition coefficient (Wildman–Crippen LogP) is 1.17. The Kier molecular flexibility index (Phi) is 4.36. The molecule has 1 spiro atoms. The molecule has 3 aliphatic rings. The molecule has 1 amide bonds. The lowest BCUT2D eigenvalue weighted by Gasteiger charge is -2.34. The van der Waals surface area contributed by atoms with Gasteiger partial charge in [-0.1, -0.05) is 6.07 Å². The lowest BCUT2D eigenvalue weighted by atomic mass is 9.77. The highest BCUT2D eigenvalue weighted by Crippen LogP contribution is 2.38. The number of pyridine rings is 1. The van der Waals surface area contributed by atoms with Crippen LogP contribution in [0.1, 0.15) is 43.8 Å². The topological polar surface area (TPSA) is 74.6 Å². The monoisotopic (exact) mass is 368 g/mol. The number of hydrogen-bond donors (Lipinski definition) is 2. The Balaban J connectivity index is 1.21. The van der Waals surface area contributed by atoms with E-state index in [9.17, 15) is 4.79 Å². The maximum Gasteiger partial charge on any atom is 0.239 e. The molecule has 0 unspecified atom stereocenters. The fourth-order valence-corrected chi connectivity index (χ4v) is 5.15. The van der Waals surface area contributed by atoms with Gasteiger partial charge in [-0.15, -0.1) is 10.2 Å². The van der Waals surface area contributed by atoms with Crippen LogP contribution in [0.4, 0.5) is 0 Å². The van der Waals surface area contributed by atoms with Gasteiger partial charge in [0.2, 0.25) is 5.91 Å². The first-order chi connectivity index (χ1) is 13.2. The predicted molar refractivity (Wildman–Crippen MR) is 102 cm³/mol. The van der Waals surface area contributed by atoms with Crippen molar-refractivity contribution in [3.63, 3.8) is 0 Å². The maximum absolute atomic E-state index is 13.0. The van der Waals surface area contributed by atoms with E-state index in [1.165, 1.54) is 12.8 Å². The fraction of sp³-hybridized carbons (Fsp3) is 0.650. The van der Waals surface area contributed by atoms with Crippen LogP contribution in [0.15, 0.2) is 24.4 Å². The van der Waals surface area contributed by atoms with E-state index in [0.29, 0.717) is 17.2 Å². The van der Waals surface area contributed by atoms with Gasteiger partial charge in [0.05, 0.1) is 6.04 Å². The lowest BCUT2D eigenvalue weighted by Crippen LogP contribution is -2.46. The van der Waals surface area contributed by atoms with Crippen LogP contribution in [0.3, 0.4) is 0 Å². The molecule has 1 atom stereocenters. The standard InChI is InChI=1S/C20H28N6O/c27-19(16-13-20(14-22-16)6-8-21-9-7-20)25-11-4-15(5-12-25)18-24-23-17-3-1-2-10-26(17)18/h1-3,10,15-16,21-22H,4-9,11-14H2/t16-/m1/s1. The van der Waals surface area contributed by atoms with Crippen molar-refractivity contribution >= 4 is 11.6 Å². The molecule has 7 heteroatoms. The van der Waals surface area contributed by atoms with Crippen LogP contribution >= 0.6 is 0 Å². The number of fused-ring (bicyclic) bond motifs is 1. The van der Waals surface area contributed by atoms with Crippen LogP contribution in [0.2, 0.25) is 0 Å². The average molecular weight is 368 g/mol. The van der Waals surface area contributed by atoms with Crippen LogP contribution in [0.5, 0.6) is 0 Å². The van der Waals surface area contributed by atoms with Crippen molar-refractivity contribution < 1.29 is 4.79 Å². The molecule has 27 heavy (non-hydrogen) atoms. The van der Waals surface area contributed by atoms with E-state index in [0.717, 1.165) is 63.5 Å². The summed E-state index contributed by atoms with van der Waals surface area (Å²) in [6, 6.07) is 5.99. The molecule has 144 valence electrons. The lowest BCUT2D eigenvalue weighted by molar-refractivity contribution is -0.134. The molecular formula is C20H28N6O. The van der Waals surface area contributed by atoms with Crippen molar-refractivity contribution in [1.82, 2.24) is 30.1 Å². The van der Waals surface area contributed by atoms with Crippen LogP contribution in [0.25, 0.3) is 5.65 Å². The van der Waals surface area contributed by atoms with E-state index in [1.807, 2.05) is 24.4 Å². The Labute approximate surface area is 159 Å². The molecule has 5 rings (SSSR count). The van der Waals surface area contributed by atoms with Gasteiger partial charge in [0, 0.05) is 31.7 Å². The number of nitrogens with one attached hydrogen (secondary N) is 2. The third kappa shape index (κ3) is 3.12. The molecule has 3 fully saturated rings. The Morgan fingerprint density at radius 3 is 2.78 bits per heavy atom. The second-order valence-electron chi connectivity index (χ2n) is 8.47. The van der Waals surface area contributed by atoms with E-state index >= 15 is 0 Å². The molecule has 2 aromatic heterocycles. The summed E-state index contributed by atoms with van der Waals surface area (Å²) in [7, 11) is 0. The Bertz CT molecular complexity index is 819. The van der Waals surface area contributed by atoms with E-state index in [1.54, 1.807) is 0 Å². The van der Waals surface area contributed by atoms with Gasteiger partial charge in [-0.25, -0.2) is 0 Å². The van der Waals surface area contributed by atoms with Crippen molar-refractivity contribution in [2.75, 3.05) is 32.7 Å². The Morgan fingerprint density at radius 2 is 1.96 bits per heavy atom. The minimum atomic E-state index is 0.00794. The van der Waals surface area contributed by atoms with Crippen molar-refractivity contribution in [3.05, 3.63) is 30.2 Å². The summed E-state index contributed by atoms with van der Waals surface area (Å²) in [5, 5.41) is 15.7. The number of piperidine rings is 2. The van der Waals surface area contributed by atoms with Gasteiger partial charge < -0.3 is 15.5 Å². The summed E-state index contributed by atoms with van der Waals surface area (Å²) in [6.45, 7) is 4.80. The quantitative estimate of drug-likeness (QED) is 0.832. The number of aromatic nitrogens is 3. The normalized spacial score (nSPS) is 26.1. The highest BCUT2D eigenvalue weighted by molar-refractivity contribution is 5.82. The number of carbonyl (C=O) groups excluding carboxylic acids is 1. The zero-order valence-corrected chi connectivity index (χ0v) is 15.7. The summed E-state index contributed by atoms with van der Waals surface area (Å²) in [6.07, 6.45) is 7.33. The number of amides is 1. The molecule has 2 N–H and O–H groups in total. The summed E-state index contributed by atoms with van der Waals surface area (Å²) in [4.78, 5) is 15.1. The third-order valence-corrected chi connectivity index (χ3v) is 6.83. The second-order valence-corrected chi connectivity index (χ2v) is 8.47. The highest BCUT2D eigenvalue weighted by Gasteiger charge is 2.43. The second kappa shape index (κ2) is 6.87. The molecule has 3 saturated heterocycles. The van der Waals surface area contributed by atoms with Crippen molar-refractivity contribution in [3.8, 4) is 0 Å². The van der Waals surface area contributed by atoms with Crippen LogP contribution in [0, 0.1) is 5.41 Å². The van der Waals surface area contributed by atoms with Gasteiger partial charge >= 0.3 is 0 Å². The van der Waals surface area contributed by atoms with Gasteiger partial charge in [-0.2, -0.15) is 0 Å². The molecule has 2 aromatic rings. The average Bonchev–Trinajstić information content (AvgIpc) is 3.33. The molecular weight excluding hydrogens is 340 g/mol. The summed E-state index contributed by atoms with van der Waals surface area (Å²) < 4.78 is 2.08. The van der Waals surface area contributed by atoms with Crippen molar-refractivity contribution in [1.29, 1.82) is 0 Å².